The highest BCUT2D eigenvalue weighted by molar-refractivity contribution is 9.10. The molecule has 0 aliphatic rings. The van der Waals surface area contributed by atoms with Gasteiger partial charge in [0.05, 0.1) is 6.20 Å². The Bertz CT molecular complexity index is 219. The van der Waals surface area contributed by atoms with Gasteiger partial charge in [0.25, 0.3) is 0 Å². The summed E-state index contributed by atoms with van der Waals surface area (Å²) in [7, 11) is 0. The first-order chi connectivity index (χ1) is 4.75. The maximum atomic E-state index is 9.17. The van der Waals surface area contributed by atoms with E-state index < -0.39 is 0 Å². The summed E-state index contributed by atoms with van der Waals surface area (Å²) in [6.45, 7) is 0. The predicted molar refractivity (Wildman–Crippen MR) is 46.2 cm³/mol. The van der Waals surface area contributed by atoms with Crippen LogP contribution in [0.25, 0.3) is 0 Å². The normalized spacial score (nSPS) is 9.80. The van der Waals surface area contributed by atoms with E-state index in [4.69, 9.17) is 5.11 Å². The summed E-state index contributed by atoms with van der Waals surface area (Å²) in [5.41, 5.74) is 0.829. The van der Waals surface area contributed by atoms with Crippen molar-refractivity contribution in [3.8, 4) is 5.75 Å². The number of nitrogens with zero attached hydrogens (tertiary/aromatic N) is 1. The molecule has 0 atom stereocenters. The van der Waals surface area contributed by atoms with Crippen molar-refractivity contribution in [1.82, 2.24) is 4.98 Å². The molecule has 10 heavy (non-hydrogen) atoms. The molecule has 0 aliphatic heterocycles. The molecule has 0 unspecified atom stereocenters. The Labute approximate surface area is 75.5 Å². The third-order valence-corrected chi connectivity index (χ3v) is 2.36. The molecule has 2 nitrogen and oxygen atoms in total. The second-order valence-corrected chi connectivity index (χ2v) is 3.17. The molecule has 1 rings (SSSR count). The summed E-state index contributed by atoms with van der Waals surface area (Å²) >= 11 is 6.50. The molecule has 0 amide bonds. The van der Waals surface area contributed by atoms with E-state index in [-0.39, 0.29) is 5.75 Å². The second-order valence-electron chi connectivity index (χ2n) is 1.75. The fraction of sp³-hybridized carbons (Fsp3) is 0.167. The maximum Gasteiger partial charge on any atom is 0.139 e. The quantitative estimate of drug-likeness (QED) is 0.792. The van der Waals surface area contributed by atoms with Crippen LogP contribution in [0.15, 0.2) is 16.9 Å². The zero-order valence-electron chi connectivity index (χ0n) is 5.01. The van der Waals surface area contributed by atoms with E-state index >= 15 is 0 Å². The van der Waals surface area contributed by atoms with Gasteiger partial charge in [0.15, 0.2) is 0 Å². The minimum absolute atomic E-state index is 0.214. The zero-order valence-corrected chi connectivity index (χ0v) is 8.18. The van der Waals surface area contributed by atoms with Gasteiger partial charge < -0.3 is 5.11 Å². The number of rotatable bonds is 1. The van der Waals surface area contributed by atoms with Crippen LogP contribution in [0.1, 0.15) is 5.56 Å². The Morgan fingerprint density at radius 2 is 2.20 bits per heavy atom. The molecule has 0 bridgehead atoms. The van der Waals surface area contributed by atoms with Crippen LogP contribution >= 0.6 is 31.9 Å². The van der Waals surface area contributed by atoms with Gasteiger partial charge in [0.1, 0.15) is 5.75 Å². The first-order valence-corrected chi connectivity index (χ1v) is 4.54. The van der Waals surface area contributed by atoms with Crippen LogP contribution < -0.4 is 0 Å². The summed E-state index contributed by atoms with van der Waals surface area (Å²) in [6.07, 6.45) is 3.07. The maximum absolute atomic E-state index is 9.17. The fourth-order valence-corrected chi connectivity index (χ4v) is 2.01. The van der Waals surface area contributed by atoms with Gasteiger partial charge in [-0.15, -0.1) is 0 Å². The van der Waals surface area contributed by atoms with Crippen molar-refractivity contribution >= 4 is 31.9 Å². The highest BCUT2D eigenvalue weighted by Crippen LogP contribution is 2.25. The molecule has 0 radical (unpaired) electrons. The lowest BCUT2D eigenvalue weighted by molar-refractivity contribution is 0.467. The molecule has 0 fully saturated rings. The molecule has 1 heterocycles. The van der Waals surface area contributed by atoms with E-state index in [9.17, 15) is 0 Å². The van der Waals surface area contributed by atoms with Gasteiger partial charge in [0.2, 0.25) is 0 Å². The van der Waals surface area contributed by atoms with Crippen molar-refractivity contribution in [1.29, 1.82) is 0 Å². The number of pyridine rings is 1. The van der Waals surface area contributed by atoms with Crippen molar-refractivity contribution in [2.45, 2.75) is 5.33 Å². The molecule has 1 aromatic heterocycles. The van der Waals surface area contributed by atoms with E-state index in [1.54, 1.807) is 6.20 Å². The minimum atomic E-state index is 0.214. The Hall–Kier alpha value is -0.0900. The summed E-state index contributed by atoms with van der Waals surface area (Å²) < 4.78 is 0.823. The first-order valence-electron chi connectivity index (χ1n) is 2.63. The molecule has 0 aliphatic carbocycles. The van der Waals surface area contributed by atoms with Gasteiger partial charge in [-0.1, -0.05) is 15.9 Å². The Kier molecular flexibility index (Phi) is 2.68. The lowest BCUT2D eigenvalue weighted by Crippen LogP contribution is -1.82. The van der Waals surface area contributed by atoms with Gasteiger partial charge in [-0.3, -0.25) is 4.98 Å². The van der Waals surface area contributed by atoms with Crippen molar-refractivity contribution < 1.29 is 5.11 Å². The lowest BCUT2D eigenvalue weighted by atomic mass is 10.3. The van der Waals surface area contributed by atoms with Crippen LogP contribution in [-0.4, -0.2) is 10.1 Å². The van der Waals surface area contributed by atoms with Crippen LogP contribution in [0.4, 0.5) is 0 Å². The van der Waals surface area contributed by atoms with E-state index in [1.165, 1.54) is 6.20 Å². The average molecular weight is 267 g/mol. The first kappa shape index (κ1) is 8.01. The molecular formula is C6H5Br2NO. The smallest absolute Gasteiger partial charge is 0.139 e. The van der Waals surface area contributed by atoms with Gasteiger partial charge in [-0.05, 0) is 15.9 Å². The Balaban J connectivity index is 3.17. The van der Waals surface area contributed by atoms with Gasteiger partial charge in [-0.25, -0.2) is 0 Å². The molecule has 4 heteroatoms. The van der Waals surface area contributed by atoms with Gasteiger partial charge >= 0.3 is 0 Å². The average Bonchev–Trinajstić information content (AvgIpc) is 1.88. The Morgan fingerprint density at radius 3 is 2.60 bits per heavy atom. The third-order valence-electron chi connectivity index (χ3n) is 1.12. The summed E-state index contributed by atoms with van der Waals surface area (Å²) in [5, 5.41) is 9.80. The highest BCUT2D eigenvalue weighted by Gasteiger charge is 2.02. The summed E-state index contributed by atoms with van der Waals surface area (Å²) in [5.74, 6) is 0.214. The molecule has 1 aromatic rings. The van der Waals surface area contributed by atoms with Crippen LogP contribution in [0.3, 0.4) is 0 Å². The van der Waals surface area contributed by atoms with Crippen LogP contribution in [-0.2, 0) is 5.33 Å². The minimum Gasteiger partial charge on any atom is -0.506 e. The van der Waals surface area contributed by atoms with Crippen molar-refractivity contribution in [2.24, 2.45) is 0 Å². The van der Waals surface area contributed by atoms with Gasteiger partial charge in [-0.2, -0.15) is 0 Å². The highest BCUT2D eigenvalue weighted by atomic mass is 79.9. The monoisotopic (exact) mass is 265 g/mol. The molecule has 54 valence electrons. The van der Waals surface area contributed by atoms with Gasteiger partial charge in [0, 0.05) is 21.6 Å². The van der Waals surface area contributed by atoms with Crippen molar-refractivity contribution in [3.63, 3.8) is 0 Å². The number of aromatic nitrogens is 1. The Morgan fingerprint density at radius 1 is 1.50 bits per heavy atom. The van der Waals surface area contributed by atoms with E-state index in [0.29, 0.717) is 5.33 Å². The van der Waals surface area contributed by atoms with Crippen LogP contribution in [0.2, 0.25) is 0 Å². The van der Waals surface area contributed by atoms with E-state index in [0.717, 1.165) is 10.0 Å². The zero-order chi connectivity index (χ0) is 7.56. The molecule has 0 aromatic carbocycles. The number of alkyl halides is 1. The molecular weight excluding hydrogens is 262 g/mol. The fourth-order valence-electron chi connectivity index (χ4n) is 0.584. The SMILES string of the molecule is Oc1cncc(Br)c1CBr. The molecule has 1 N–H and O–H groups in total. The third kappa shape index (κ3) is 1.49. The molecule has 0 saturated carbocycles. The van der Waals surface area contributed by atoms with Crippen molar-refractivity contribution in [2.75, 3.05) is 0 Å². The van der Waals surface area contributed by atoms with Crippen LogP contribution in [0, 0.1) is 0 Å². The number of aromatic hydroxyl groups is 1. The largest absolute Gasteiger partial charge is 0.506 e. The molecule has 0 spiro atoms. The van der Waals surface area contributed by atoms with Crippen molar-refractivity contribution in [3.05, 3.63) is 22.4 Å². The predicted octanol–water partition coefficient (Wildman–Crippen LogP) is 2.44. The molecule has 0 saturated heterocycles. The second kappa shape index (κ2) is 3.34. The number of hydrogen-bond acceptors (Lipinski definition) is 2. The topological polar surface area (TPSA) is 33.1 Å². The number of halogens is 2. The standard InChI is InChI=1S/C6H5Br2NO/c7-1-4-5(8)2-9-3-6(4)10/h2-3,10H,1H2. The van der Waals surface area contributed by atoms with E-state index in [1.807, 2.05) is 0 Å². The lowest BCUT2D eigenvalue weighted by Gasteiger charge is -2.00. The van der Waals surface area contributed by atoms with E-state index in [2.05, 4.69) is 36.8 Å². The van der Waals surface area contributed by atoms with Crippen LogP contribution in [0.5, 0.6) is 5.75 Å². The number of hydrogen-bond donors (Lipinski definition) is 1. The summed E-state index contributed by atoms with van der Waals surface area (Å²) in [4.78, 5) is 3.77. The summed E-state index contributed by atoms with van der Waals surface area (Å²) in [6, 6.07) is 0.